The average molecular weight is 255 g/mol. The fourth-order valence-corrected chi connectivity index (χ4v) is 2.28. The first kappa shape index (κ1) is 13.7. The Bertz CT molecular complexity index is 400. The van der Waals surface area contributed by atoms with E-state index < -0.39 is 0 Å². The molecule has 0 fully saturated rings. The molecule has 1 heterocycles. The van der Waals surface area contributed by atoms with Gasteiger partial charge >= 0.3 is 5.97 Å². The van der Waals surface area contributed by atoms with Crippen molar-refractivity contribution in [1.82, 2.24) is 4.90 Å². The lowest BCUT2D eigenvalue weighted by atomic mass is 10.3. The van der Waals surface area contributed by atoms with E-state index in [4.69, 9.17) is 0 Å². The number of ether oxygens (including phenoxy) is 1. The molecule has 1 amide bonds. The third kappa shape index (κ3) is 3.85. The van der Waals surface area contributed by atoms with Crippen LogP contribution in [-0.4, -0.2) is 37.0 Å². The third-order valence-corrected chi connectivity index (χ3v) is 3.27. The molecular weight excluding hydrogens is 238 g/mol. The van der Waals surface area contributed by atoms with Gasteiger partial charge in [-0.3, -0.25) is 9.59 Å². The third-order valence-electron chi connectivity index (χ3n) is 2.28. The van der Waals surface area contributed by atoms with Crippen LogP contribution in [0.3, 0.4) is 0 Å². The zero-order valence-electron chi connectivity index (χ0n) is 10.4. The van der Waals surface area contributed by atoms with Crippen molar-refractivity contribution < 1.29 is 14.3 Å². The number of hydrogen-bond acceptors (Lipinski definition) is 4. The van der Waals surface area contributed by atoms with E-state index in [2.05, 4.69) is 4.74 Å². The van der Waals surface area contributed by atoms with E-state index in [0.717, 1.165) is 11.3 Å². The Balaban J connectivity index is 2.76. The second-order valence-electron chi connectivity index (χ2n) is 3.71. The van der Waals surface area contributed by atoms with Crippen molar-refractivity contribution in [3.63, 3.8) is 0 Å². The molecule has 1 aromatic rings. The van der Waals surface area contributed by atoms with Crippen LogP contribution in [0.2, 0.25) is 0 Å². The highest BCUT2D eigenvalue weighted by Gasteiger charge is 2.19. The quantitative estimate of drug-likeness (QED) is 0.757. The van der Waals surface area contributed by atoms with Gasteiger partial charge in [-0.15, -0.1) is 11.3 Å². The van der Waals surface area contributed by atoms with Gasteiger partial charge in [-0.25, -0.2) is 0 Å². The summed E-state index contributed by atoms with van der Waals surface area (Å²) in [6.45, 7) is 4.49. The molecule has 0 spiro atoms. The molecule has 0 atom stereocenters. The Morgan fingerprint density at radius 1 is 1.41 bits per heavy atom. The maximum absolute atomic E-state index is 12.1. The number of aryl methyl sites for hydroxylation is 1. The van der Waals surface area contributed by atoms with Gasteiger partial charge in [0.05, 0.1) is 12.0 Å². The minimum Gasteiger partial charge on any atom is -0.468 e. The van der Waals surface area contributed by atoms with Crippen LogP contribution in [0.15, 0.2) is 12.1 Å². The highest BCUT2D eigenvalue weighted by atomic mass is 32.1. The fourth-order valence-electron chi connectivity index (χ4n) is 1.45. The molecule has 0 saturated heterocycles. The minimum atomic E-state index is -0.389. The number of amides is 1. The number of hydrogen-bond donors (Lipinski definition) is 0. The van der Waals surface area contributed by atoms with Crippen LogP contribution in [0.4, 0.5) is 0 Å². The number of methoxy groups -OCH3 is 1. The van der Waals surface area contributed by atoms with Crippen molar-refractivity contribution in [1.29, 1.82) is 0 Å². The molecule has 4 nitrogen and oxygen atoms in total. The molecule has 94 valence electrons. The standard InChI is InChI=1S/C12H17NO3S/c1-4-7-13(8-11(14)16-3)12(15)10-6-5-9(2)17-10/h5-6H,4,7-8H2,1-3H3. The van der Waals surface area contributed by atoms with Crippen molar-refractivity contribution >= 4 is 23.2 Å². The van der Waals surface area contributed by atoms with E-state index in [1.807, 2.05) is 19.9 Å². The molecular formula is C12H17NO3S. The van der Waals surface area contributed by atoms with E-state index in [0.29, 0.717) is 11.4 Å². The van der Waals surface area contributed by atoms with Gasteiger partial charge in [0, 0.05) is 11.4 Å². The monoisotopic (exact) mass is 255 g/mol. The summed E-state index contributed by atoms with van der Waals surface area (Å²) in [7, 11) is 1.33. The minimum absolute atomic E-state index is 0.0140. The number of carbonyl (C=O) groups is 2. The summed E-state index contributed by atoms with van der Waals surface area (Å²) in [6.07, 6.45) is 0.813. The van der Waals surface area contributed by atoms with Gasteiger partial charge in [0.15, 0.2) is 0 Å². The van der Waals surface area contributed by atoms with Crippen LogP contribution in [0.5, 0.6) is 0 Å². The molecule has 0 saturated carbocycles. The highest BCUT2D eigenvalue weighted by molar-refractivity contribution is 7.13. The fraction of sp³-hybridized carbons (Fsp3) is 0.500. The van der Waals surface area contributed by atoms with Gasteiger partial charge in [0.2, 0.25) is 0 Å². The van der Waals surface area contributed by atoms with Crippen molar-refractivity contribution in [3.05, 3.63) is 21.9 Å². The lowest BCUT2D eigenvalue weighted by molar-refractivity contribution is -0.141. The Labute approximate surface area is 105 Å². The molecule has 0 radical (unpaired) electrons. The van der Waals surface area contributed by atoms with E-state index in [1.54, 1.807) is 6.07 Å². The summed E-state index contributed by atoms with van der Waals surface area (Å²) < 4.78 is 4.59. The lowest BCUT2D eigenvalue weighted by Gasteiger charge is -2.19. The number of esters is 1. The van der Waals surface area contributed by atoms with Gasteiger partial charge in [0.25, 0.3) is 5.91 Å². The zero-order chi connectivity index (χ0) is 12.8. The summed E-state index contributed by atoms with van der Waals surface area (Å²) in [4.78, 5) is 26.6. The largest absolute Gasteiger partial charge is 0.468 e. The highest BCUT2D eigenvalue weighted by Crippen LogP contribution is 2.17. The first-order chi connectivity index (χ1) is 8.08. The predicted octanol–water partition coefficient (Wildman–Crippen LogP) is 2.08. The molecule has 1 rings (SSSR count). The molecule has 0 aliphatic heterocycles. The molecule has 0 unspecified atom stereocenters. The van der Waals surface area contributed by atoms with Crippen LogP contribution in [-0.2, 0) is 9.53 Å². The summed E-state index contributed by atoms with van der Waals surface area (Å²) in [6, 6.07) is 3.70. The molecule has 0 aliphatic carbocycles. The number of thiophene rings is 1. The van der Waals surface area contributed by atoms with E-state index in [-0.39, 0.29) is 18.4 Å². The smallest absolute Gasteiger partial charge is 0.325 e. The van der Waals surface area contributed by atoms with Crippen LogP contribution in [0.25, 0.3) is 0 Å². The Kier molecular flexibility index (Phi) is 5.15. The first-order valence-electron chi connectivity index (χ1n) is 5.51. The molecule has 0 aromatic carbocycles. The summed E-state index contributed by atoms with van der Waals surface area (Å²) in [5, 5.41) is 0. The summed E-state index contributed by atoms with van der Waals surface area (Å²) in [5.41, 5.74) is 0. The van der Waals surface area contributed by atoms with Crippen molar-refractivity contribution in [2.75, 3.05) is 20.2 Å². The second kappa shape index (κ2) is 6.39. The second-order valence-corrected chi connectivity index (χ2v) is 5.00. The van der Waals surface area contributed by atoms with Crippen molar-refractivity contribution in [3.8, 4) is 0 Å². The summed E-state index contributed by atoms with van der Waals surface area (Å²) >= 11 is 1.44. The summed E-state index contributed by atoms with van der Waals surface area (Å²) in [5.74, 6) is -0.490. The average Bonchev–Trinajstić information content (AvgIpc) is 2.74. The van der Waals surface area contributed by atoms with Gasteiger partial charge in [-0.05, 0) is 25.5 Å². The number of rotatable bonds is 5. The molecule has 5 heteroatoms. The Hall–Kier alpha value is -1.36. The van der Waals surface area contributed by atoms with Gasteiger partial charge in [-0.1, -0.05) is 6.92 Å². The van der Waals surface area contributed by atoms with Crippen molar-refractivity contribution in [2.24, 2.45) is 0 Å². The Morgan fingerprint density at radius 3 is 2.59 bits per heavy atom. The van der Waals surface area contributed by atoms with E-state index in [9.17, 15) is 9.59 Å². The zero-order valence-corrected chi connectivity index (χ0v) is 11.2. The molecule has 17 heavy (non-hydrogen) atoms. The molecule has 0 N–H and O–H groups in total. The SMILES string of the molecule is CCCN(CC(=O)OC)C(=O)c1ccc(C)s1. The maximum Gasteiger partial charge on any atom is 0.325 e. The Morgan fingerprint density at radius 2 is 2.12 bits per heavy atom. The van der Waals surface area contributed by atoms with E-state index in [1.165, 1.54) is 23.3 Å². The van der Waals surface area contributed by atoms with Gasteiger partial charge in [0.1, 0.15) is 6.54 Å². The predicted molar refractivity (Wildman–Crippen MR) is 67.3 cm³/mol. The van der Waals surface area contributed by atoms with Gasteiger partial charge in [-0.2, -0.15) is 0 Å². The van der Waals surface area contributed by atoms with Crippen LogP contribution >= 0.6 is 11.3 Å². The first-order valence-corrected chi connectivity index (χ1v) is 6.32. The maximum atomic E-state index is 12.1. The molecule has 1 aromatic heterocycles. The normalized spacial score (nSPS) is 10.1. The van der Waals surface area contributed by atoms with Crippen LogP contribution in [0.1, 0.15) is 27.9 Å². The number of nitrogens with zero attached hydrogens (tertiary/aromatic N) is 1. The van der Waals surface area contributed by atoms with Crippen molar-refractivity contribution in [2.45, 2.75) is 20.3 Å². The lowest BCUT2D eigenvalue weighted by Crippen LogP contribution is -2.36. The van der Waals surface area contributed by atoms with Crippen LogP contribution in [0, 0.1) is 6.92 Å². The number of carbonyl (C=O) groups excluding carboxylic acids is 2. The van der Waals surface area contributed by atoms with E-state index >= 15 is 0 Å². The molecule has 0 bridgehead atoms. The topological polar surface area (TPSA) is 46.6 Å². The molecule has 0 aliphatic rings. The van der Waals surface area contributed by atoms with Gasteiger partial charge < -0.3 is 9.64 Å². The van der Waals surface area contributed by atoms with Crippen LogP contribution < -0.4 is 0 Å².